The summed E-state index contributed by atoms with van der Waals surface area (Å²) in [5, 5.41) is 9.76. The highest BCUT2D eigenvalue weighted by atomic mass is 16.3. The molecule has 0 spiro atoms. The molecule has 0 bridgehead atoms. The van der Waals surface area contributed by atoms with Crippen LogP contribution in [0.2, 0.25) is 0 Å². The fourth-order valence-corrected chi connectivity index (χ4v) is 3.93. The van der Waals surface area contributed by atoms with Gasteiger partial charge < -0.3 is 19.8 Å². The van der Waals surface area contributed by atoms with Crippen LogP contribution in [0.25, 0.3) is 0 Å². The third kappa shape index (κ3) is 4.77. The minimum absolute atomic E-state index is 0.334. The lowest BCUT2D eigenvalue weighted by molar-refractivity contribution is 0.116. The molecule has 4 nitrogen and oxygen atoms in total. The van der Waals surface area contributed by atoms with E-state index in [1.54, 1.807) is 0 Å². The molecule has 23 heavy (non-hydrogen) atoms. The minimum Gasteiger partial charge on any atom is -0.396 e. The van der Waals surface area contributed by atoms with Gasteiger partial charge in [-0.05, 0) is 30.9 Å². The van der Waals surface area contributed by atoms with E-state index in [-0.39, 0.29) is 0 Å². The van der Waals surface area contributed by atoms with E-state index in [1.807, 2.05) is 0 Å². The highest BCUT2D eigenvalue weighted by Crippen LogP contribution is 2.24. The second kappa shape index (κ2) is 8.25. The molecule has 2 aliphatic rings. The summed E-state index contributed by atoms with van der Waals surface area (Å²) in [5.41, 5.74) is 1.41. The van der Waals surface area contributed by atoms with Crippen LogP contribution in [0.3, 0.4) is 0 Å². The maximum atomic E-state index is 9.76. The summed E-state index contributed by atoms with van der Waals surface area (Å²) in [6.45, 7) is 9.50. The standard InChI is InChI=1S/C19H31N3O/c1-20-9-11-21(12-10-20)13-18-14-22(15-19(18)16-23)8-7-17-5-3-2-4-6-17/h2-6,18-19,23H,7-16H2,1H3/t18-,19-/m1/s1. The van der Waals surface area contributed by atoms with E-state index >= 15 is 0 Å². The molecule has 0 saturated carbocycles. The van der Waals surface area contributed by atoms with E-state index in [2.05, 4.69) is 52.1 Å². The van der Waals surface area contributed by atoms with Gasteiger partial charge >= 0.3 is 0 Å². The molecule has 0 unspecified atom stereocenters. The average Bonchev–Trinajstić information content (AvgIpc) is 2.98. The molecule has 1 aromatic rings. The highest BCUT2D eigenvalue weighted by molar-refractivity contribution is 5.15. The van der Waals surface area contributed by atoms with Crippen LogP contribution in [0.1, 0.15) is 5.56 Å². The number of likely N-dealkylation sites (tertiary alicyclic amines) is 1. The second-order valence-corrected chi connectivity index (χ2v) is 7.30. The normalized spacial score (nSPS) is 27.6. The fourth-order valence-electron chi connectivity index (χ4n) is 3.93. The molecule has 0 amide bonds. The van der Waals surface area contributed by atoms with E-state index in [9.17, 15) is 5.11 Å². The lowest BCUT2D eigenvalue weighted by atomic mass is 9.96. The summed E-state index contributed by atoms with van der Waals surface area (Å²) in [4.78, 5) is 7.55. The highest BCUT2D eigenvalue weighted by Gasteiger charge is 2.33. The fraction of sp³-hybridized carbons (Fsp3) is 0.684. The summed E-state index contributed by atoms with van der Waals surface area (Å²) in [7, 11) is 2.20. The molecule has 2 atom stereocenters. The van der Waals surface area contributed by atoms with Gasteiger partial charge in [0.1, 0.15) is 0 Å². The summed E-state index contributed by atoms with van der Waals surface area (Å²) < 4.78 is 0. The zero-order chi connectivity index (χ0) is 16.1. The molecule has 128 valence electrons. The van der Waals surface area contributed by atoms with Gasteiger partial charge in [-0.1, -0.05) is 30.3 Å². The van der Waals surface area contributed by atoms with E-state index in [4.69, 9.17) is 0 Å². The molecule has 1 N–H and O–H groups in total. The lowest BCUT2D eigenvalue weighted by Crippen LogP contribution is -2.47. The van der Waals surface area contributed by atoms with Gasteiger partial charge in [-0.15, -0.1) is 0 Å². The monoisotopic (exact) mass is 317 g/mol. The maximum absolute atomic E-state index is 9.76. The molecule has 4 heteroatoms. The first-order chi connectivity index (χ1) is 11.2. The third-order valence-electron chi connectivity index (χ3n) is 5.53. The first-order valence-electron chi connectivity index (χ1n) is 9.02. The Morgan fingerprint density at radius 3 is 2.35 bits per heavy atom. The molecule has 2 fully saturated rings. The molecule has 1 aromatic carbocycles. The number of benzene rings is 1. The SMILES string of the molecule is CN1CCN(C[C@@H]2CN(CCc3ccccc3)C[C@@H]2CO)CC1. The minimum atomic E-state index is 0.334. The Kier molecular flexibility index (Phi) is 6.06. The van der Waals surface area contributed by atoms with Crippen LogP contribution in [0, 0.1) is 11.8 Å². The van der Waals surface area contributed by atoms with Crippen molar-refractivity contribution >= 4 is 0 Å². The van der Waals surface area contributed by atoms with Crippen LogP contribution in [0.5, 0.6) is 0 Å². The lowest BCUT2D eigenvalue weighted by Gasteiger charge is -2.34. The summed E-state index contributed by atoms with van der Waals surface area (Å²) >= 11 is 0. The molecule has 3 rings (SSSR count). The van der Waals surface area contributed by atoms with Gasteiger partial charge in [0.25, 0.3) is 0 Å². The predicted octanol–water partition coefficient (Wildman–Crippen LogP) is 1.02. The summed E-state index contributed by atoms with van der Waals surface area (Å²) in [6.07, 6.45) is 1.11. The van der Waals surface area contributed by atoms with Crippen LogP contribution in [-0.4, -0.2) is 85.8 Å². The summed E-state index contributed by atoms with van der Waals surface area (Å²) in [6, 6.07) is 10.7. The van der Waals surface area contributed by atoms with Crippen LogP contribution in [0.15, 0.2) is 30.3 Å². The number of hydrogen-bond donors (Lipinski definition) is 1. The van der Waals surface area contributed by atoms with Gasteiger partial charge in [0.05, 0.1) is 0 Å². The number of aliphatic hydroxyl groups excluding tert-OH is 1. The van der Waals surface area contributed by atoms with Gasteiger partial charge in [0.2, 0.25) is 0 Å². The number of likely N-dealkylation sites (N-methyl/N-ethyl adjacent to an activating group) is 1. The van der Waals surface area contributed by atoms with E-state index in [0.29, 0.717) is 18.4 Å². The Hall–Kier alpha value is -0.940. The van der Waals surface area contributed by atoms with Gasteiger partial charge in [-0.3, -0.25) is 0 Å². The van der Waals surface area contributed by atoms with Crippen molar-refractivity contribution in [2.24, 2.45) is 11.8 Å². The predicted molar refractivity (Wildman–Crippen MR) is 94.6 cm³/mol. The molecular formula is C19H31N3O. The Labute approximate surface area is 140 Å². The quantitative estimate of drug-likeness (QED) is 0.848. The number of piperazine rings is 1. The van der Waals surface area contributed by atoms with Crippen molar-refractivity contribution in [1.29, 1.82) is 0 Å². The molecule has 0 aliphatic carbocycles. The van der Waals surface area contributed by atoms with Crippen molar-refractivity contribution in [2.45, 2.75) is 6.42 Å². The number of rotatable bonds is 6. The molecule has 2 heterocycles. The number of nitrogens with zero attached hydrogens (tertiary/aromatic N) is 3. The van der Waals surface area contributed by atoms with Crippen molar-refractivity contribution in [2.75, 3.05) is 66.0 Å². The maximum Gasteiger partial charge on any atom is 0.0475 e. The van der Waals surface area contributed by atoms with E-state index in [1.165, 1.54) is 31.7 Å². The third-order valence-corrected chi connectivity index (χ3v) is 5.53. The van der Waals surface area contributed by atoms with Crippen molar-refractivity contribution in [3.63, 3.8) is 0 Å². The Balaban J connectivity index is 1.47. The topological polar surface area (TPSA) is 30.0 Å². The van der Waals surface area contributed by atoms with Crippen molar-refractivity contribution in [3.05, 3.63) is 35.9 Å². The Bertz CT molecular complexity index is 459. The van der Waals surface area contributed by atoms with Crippen molar-refractivity contribution in [3.8, 4) is 0 Å². The molecule has 2 aliphatic heterocycles. The summed E-state index contributed by atoms with van der Waals surface area (Å²) in [5.74, 6) is 1.07. The molecular weight excluding hydrogens is 286 g/mol. The smallest absolute Gasteiger partial charge is 0.0475 e. The Morgan fingerprint density at radius 1 is 0.957 bits per heavy atom. The van der Waals surface area contributed by atoms with Crippen LogP contribution < -0.4 is 0 Å². The van der Waals surface area contributed by atoms with Gasteiger partial charge in [-0.2, -0.15) is 0 Å². The van der Waals surface area contributed by atoms with Crippen molar-refractivity contribution in [1.82, 2.24) is 14.7 Å². The van der Waals surface area contributed by atoms with Gasteiger partial charge in [-0.25, -0.2) is 0 Å². The average molecular weight is 317 g/mol. The molecule has 0 radical (unpaired) electrons. The molecule has 0 aromatic heterocycles. The van der Waals surface area contributed by atoms with E-state index in [0.717, 1.165) is 32.6 Å². The van der Waals surface area contributed by atoms with Crippen molar-refractivity contribution < 1.29 is 5.11 Å². The van der Waals surface area contributed by atoms with Crippen LogP contribution >= 0.6 is 0 Å². The molecule has 2 saturated heterocycles. The largest absolute Gasteiger partial charge is 0.396 e. The second-order valence-electron chi connectivity index (χ2n) is 7.30. The Morgan fingerprint density at radius 2 is 1.65 bits per heavy atom. The zero-order valence-electron chi connectivity index (χ0n) is 14.4. The van der Waals surface area contributed by atoms with Gasteiger partial charge in [0, 0.05) is 59.0 Å². The first-order valence-corrected chi connectivity index (χ1v) is 9.02. The first kappa shape index (κ1) is 16.9. The zero-order valence-corrected chi connectivity index (χ0v) is 14.4. The van der Waals surface area contributed by atoms with Crippen LogP contribution in [-0.2, 0) is 6.42 Å². The van der Waals surface area contributed by atoms with Gasteiger partial charge in [0.15, 0.2) is 0 Å². The van der Waals surface area contributed by atoms with Crippen LogP contribution in [0.4, 0.5) is 0 Å². The van der Waals surface area contributed by atoms with E-state index < -0.39 is 0 Å². The number of aliphatic hydroxyl groups is 1. The number of hydrogen-bond acceptors (Lipinski definition) is 4.